The van der Waals surface area contributed by atoms with Gasteiger partial charge in [-0.2, -0.15) is 4.98 Å². The Hall–Kier alpha value is -2.55. The maximum atomic E-state index is 15.3. The number of nitrogens with two attached hydrogens (primary N) is 1. The summed E-state index contributed by atoms with van der Waals surface area (Å²) in [7, 11) is 0. The third-order valence-electron chi connectivity index (χ3n) is 5.44. The number of halogens is 1. The molecular weight excluding hydrogens is 337 g/mol. The highest BCUT2D eigenvalue weighted by molar-refractivity contribution is 5.66. The number of hydrogen-bond donors (Lipinski definition) is 1. The standard InChI is InChI=1S/C17H20FN7O/c18-13-14(11-7-20-16(19)21-8-11)22-17(25-9-10-5-12(25)6-10)23-15(13)24-1-3-26-4-2-24/h7-8,10,12H,1-6,9H2,(H2,19,20,21). The van der Waals surface area contributed by atoms with Crippen molar-refractivity contribution in [1.82, 2.24) is 19.9 Å². The van der Waals surface area contributed by atoms with Crippen molar-refractivity contribution in [3.63, 3.8) is 0 Å². The van der Waals surface area contributed by atoms with E-state index in [4.69, 9.17) is 10.5 Å². The highest BCUT2D eigenvalue weighted by atomic mass is 19.1. The molecule has 4 aliphatic rings. The van der Waals surface area contributed by atoms with Crippen LogP contribution in [-0.2, 0) is 4.74 Å². The van der Waals surface area contributed by atoms with Crippen LogP contribution in [0, 0.1) is 11.7 Å². The number of anilines is 3. The molecule has 2 aromatic heterocycles. The van der Waals surface area contributed by atoms with E-state index in [0.29, 0.717) is 55.6 Å². The summed E-state index contributed by atoms with van der Waals surface area (Å²) in [5.74, 6) is 1.33. The molecule has 4 fully saturated rings. The maximum Gasteiger partial charge on any atom is 0.228 e. The SMILES string of the molecule is Nc1ncc(-c2nc(N3CC4CC3C4)nc(N3CCOCC3)c2F)cn1. The lowest BCUT2D eigenvalue weighted by Gasteiger charge is -2.30. The smallest absolute Gasteiger partial charge is 0.228 e. The van der Waals surface area contributed by atoms with Crippen LogP contribution in [0.15, 0.2) is 12.4 Å². The molecule has 0 radical (unpaired) electrons. The zero-order valence-corrected chi connectivity index (χ0v) is 14.3. The molecule has 0 aromatic carbocycles. The van der Waals surface area contributed by atoms with E-state index in [9.17, 15) is 0 Å². The Bertz CT molecular complexity index is 819. The lowest BCUT2D eigenvalue weighted by molar-refractivity contribution is 0.122. The van der Waals surface area contributed by atoms with Crippen molar-refractivity contribution in [2.45, 2.75) is 18.9 Å². The van der Waals surface area contributed by atoms with E-state index in [2.05, 4.69) is 24.8 Å². The molecule has 136 valence electrons. The van der Waals surface area contributed by atoms with Crippen LogP contribution in [-0.4, -0.2) is 58.8 Å². The monoisotopic (exact) mass is 357 g/mol. The number of aromatic nitrogens is 4. The molecule has 0 spiro atoms. The number of nitrogens with zero attached hydrogens (tertiary/aromatic N) is 6. The van der Waals surface area contributed by atoms with Gasteiger partial charge in [-0.15, -0.1) is 0 Å². The third kappa shape index (κ3) is 2.54. The van der Waals surface area contributed by atoms with E-state index in [-0.39, 0.29) is 11.6 Å². The second kappa shape index (κ2) is 6.01. The minimum absolute atomic E-state index is 0.150. The van der Waals surface area contributed by atoms with Gasteiger partial charge in [-0.1, -0.05) is 0 Å². The van der Waals surface area contributed by atoms with Crippen molar-refractivity contribution < 1.29 is 9.13 Å². The zero-order valence-electron chi connectivity index (χ0n) is 14.3. The predicted octanol–water partition coefficient (Wildman–Crippen LogP) is 1.09. The predicted molar refractivity (Wildman–Crippen MR) is 94.3 cm³/mol. The van der Waals surface area contributed by atoms with Crippen LogP contribution >= 0.6 is 0 Å². The summed E-state index contributed by atoms with van der Waals surface area (Å²) in [5.41, 5.74) is 6.29. The molecule has 1 aliphatic carbocycles. The third-order valence-corrected chi connectivity index (χ3v) is 5.44. The Morgan fingerprint density at radius 1 is 1.12 bits per heavy atom. The summed E-state index contributed by atoms with van der Waals surface area (Å²) in [6.07, 6.45) is 5.36. The largest absolute Gasteiger partial charge is 0.378 e. The zero-order chi connectivity index (χ0) is 17.7. The van der Waals surface area contributed by atoms with Gasteiger partial charge in [-0.3, -0.25) is 0 Å². The lowest BCUT2D eigenvalue weighted by Crippen LogP contribution is -2.38. The first kappa shape index (κ1) is 15.7. The van der Waals surface area contributed by atoms with E-state index < -0.39 is 5.82 Å². The molecule has 26 heavy (non-hydrogen) atoms. The molecule has 0 unspecified atom stereocenters. The molecule has 6 rings (SSSR count). The number of nitrogen functional groups attached to an aromatic ring is 1. The Morgan fingerprint density at radius 3 is 2.50 bits per heavy atom. The van der Waals surface area contributed by atoms with E-state index >= 15 is 4.39 Å². The van der Waals surface area contributed by atoms with E-state index in [1.807, 2.05) is 4.90 Å². The van der Waals surface area contributed by atoms with Gasteiger partial charge < -0.3 is 20.3 Å². The van der Waals surface area contributed by atoms with Gasteiger partial charge in [-0.25, -0.2) is 19.3 Å². The van der Waals surface area contributed by atoms with Crippen molar-refractivity contribution in [2.24, 2.45) is 5.92 Å². The minimum Gasteiger partial charge on any atom is -0.378 e. The van der Waals surface area contributed by atoms with Gasteiger partial charge in [0, 0.05) is 43.6 Å². The maximum absolute atomic E-state index is 15.3. The molecule has 8 nitrogen and oxygen atoms in total. The molecule has 0 atom stereocenters. The quantitative estimate of drug-likeness (QED) is 0.873. The molecule has 9 heteroatoms. The molecule has 3 saturated heterocycles. The molecule has 2 N–H and O–H groups in total. The molecular formula is C17H20FN7O. The van der Waals surface area contributed by atoms with Gasteiger partial charge in [-0.05, 0) is 18.8 Å². The van der Waals surface area contributed by atoms with Crippen LogP contribution in [0.4, 0.5) is 22.1 Å². The average Bonchev–Trinajstić information content (AvgIpc) is 3.25. The number of hydrogen-bond acceptors (Lipinski definition) is 8. The van der Waals surface area contributed by atoms with Gasteiger partial charge in [0.1, 0.15) is 5.69 Å². The van der Waals surface area contributed by atoms with Crippen molar-refractivity contribution in [2.75, 3.05) is 48.4 Å². The Balaban J connectivity index is 1.61. The second-order valence-corrected chi connectivity index (χ2v) is 7.08. The topological polar surface area (TPSA) is 93.3 Å². The van der Waals surface area contributed by atoms with Crippen molar-refractivity contribution in [3.05, 3.63) is 18.2 Å². The minimum atomic E-state index is -0.449. The first-order valence-electron chi connectivity index (χ1n) is 8.94. The number of ether oxygens (including phenoxy) is 1. The summed E-state index contributed by atoms with van der Waals surface area (Å²) < 4.78 is 20.7. The van der Waals surface area contributed by atoms with Gasteiger partial charge in [0.15, 0.2) is 11.6 Å². The number of fused-ring (bicyclic) bond motifs is 1. The van der Waals surface area contributed by atoms with Crippen LogP contribution in [0.2, 0.25) is 0 Å². The Labute approximate surface area is 150 Å². The van der Waals surface area contributed by atoms with Gasteiger partial charge in [0.05, 0.1) is 13.2 Å². The molecule has 3 aliphatic heterocycles. The van der Waals surface area contributed by atoms with Gasteiger partial charge in [0.25, 0.3) is 0 Å². The molecule has 0 amide bonds. The van der Waals surface area contributed by atoms with Crippen molar-refractivity contribution in [3.8, 4) is 11.3 Å². The molecule has 2 bridgehead atoms. The fraction of sp³-hybridized carbons (Fsp3) is 0.529. The van der Waals surface area contributed by atoms with Crippen molar-refractivity contribution >= 4 is 17.7 Å². The van der Waals surface area contributed by atoms with Crippen LogP contribution in [0.25, 0.3) is 11.3 Å². The number of morpholine rings is 1. The summed E-state index contributed by atoms with van der Waals surface area (Å²) in [6, 6.07) is 0.471. The fourth-order valence-electron chi connectivity index (χ4n) is 3.96. The summed E-state index contributed by atoms with van der Waals surface area (Å²) in [4.78, 5) is 21.2. The summed E-state index contributed by atoms with van der Waals surface area (Å²) >= 11 is 0. The normalized spacial score (nSPS) is 24.7. The van der Waals surface area contributed by atoms with E-state index in [0.717, 1.165) is 6.54 Å². The first-order chi connectivity index (χ1) is 12.7. The van der Waals surface area contributed by atoms with E-state index in [1.165, 1.54) is 25.2 Å². The lowest BCUT2D eigenvalue weighted by atomic mass is 9.86. The second-order valence-electron chi connectivity index (χ2n) is 7.08. The van der Waals surface area contributed by atoms with Crippen LogP contribution in [0.5, 0.6) is 0 Å². The number of rotatable bonds is 3. The van der Waals surface area contributed by atoms with Gasteiger partial charge in [0.2, 0.25) is 11.9 Å². The summed E-state index contributed by atoms with van der Waals surface area (Å²) in [6.45, 7) is 3.28. The summed E-state index contributed by atoms with van der Waals surface area (Å²) in [5, 5.41) is 0. The Morgan fingerprint density at radius 2 is 1.85 bits per heavy atom. The van der Waals surface area contributed by atoms with Crippen LogP contribution in [0.1, 0.15) is 12.8 Å². The van der Waals surface area contributed by atoms with Crippen LogP contribution in [0.3, 0.4) is 0 Å². The van der Waals surface area contributed by atoms with Crippen LogP contribution < -0.4 is 15.5 Å². The molecule has 2 aromatic rings. The Kier molecular flexibility index (Phi) is 3.63. The van der Waals surface area contributed by atoms with Gasteiger partial charge >= 0.3 is 0 Å². The molecule has 1 saturated carbocycles. The first-order valence-corrected chi connectivity index (χ1v) is 8.94. The van der Waals surface area contributed by atoms with Crippen molar-refractivity contribution in [1.29, 1.82) is 0 Å². The highest BCUT2D eigenvalue weighted by Gasteiger charge is 2.44. The van der Waals surface area contributed by atoms with E-state index in [1.54, 1.807) is 0 Å². The highest BCUT2D eigenvalue weighted by Crippen LogP contribution is 2.43. The fourth-order valence-corrected chi connectivity index (χ4v) is 3.96. The average molecular weight is 357 g/mol. The molecule has 5 heterocycles.